The molecule has 4 aromatic rings. The first-order valence-corrected chi connectivity index (χ1v) is 11.0. The zero-order valence-corrected chi connectivity index (χ0v) is 17.6. The molecule has 0 spiro atoms. The molecule has 1 unspecified atom stereocenters. The summed E-state index contributed by atoms with van der Waals surface area (Å²) < 4.78 is 20.1. The van der Waals surface area contributed by atoms with Crippen molar-refractivity contribution in [3.63, 3.8) is 0 Å². The molecule has 0 radical (unpaired) electrons. The number of para-hydroxylation sites is 2. The fourth-order valence-corrected chi connectivity index (χ4v) is 4.55. The molecule has 1 atom stereocenters. The van der Waals surface area contributed by atoms with Crippen molar-refractivity contribution in [2.75, 3.05) is 46.1 Å². The number of benzene rings is 1. The summed E-state index contributed by atoms with van der Waals surface area (Å²) in [6, 6.07) is 7.88. The second kappa shape index (κ2) is 8.12. The molecule has 6 rings (SSSR count). The van der Waals surface area contributed by atoms with E-state index in [2.05, 4.69) is 20.0 Å². The minimum absolute atomic E-state index is 0.117. The number of imidazole rings is 1. The van der Waals surface area contributed by atoms with Crippen LogP contribution in [0.25, 0.3) is 28.1 Å². The first-order valence-electron chi connectivity index (χ1n) is 11.0. The summed E-state index contributed by atoms with van der Waals surface area (Å²) >= 11 is 0. The fourth-order valence-electron chi connectivity index (χ4n) is 4.55. The van der Waals surface area contributed by atoms with Gasteiger partial charge in [-0.1, -0.05) is 17.3 Å². The monoisotopic (exact) mass is 436 g/mol. The van der Waals surface area contributed by atoms with E-state index in [9.17, 15) is 4.79 Å². The second-order valence-electron chi connectivity index (χ2n) is 8.23. The topological polar surface area (TPSA) is 99.9 Å². The number of hydrogen-bond donors (Lipinski definition) is 0. The third kappa shape index (κ3) is 3.31. The van der Waals surface area contributed by atoms with E-state index in [4.69, 9.17) is 14.0 Å². The molecule has 2 saturated heterocycles. The van der Waals surface area contributed by atoms with E-state index in [1.54, 1.807) is 6.33 Å². The number of aromatic nitrogens is 5. The minimum atomic E-state index is -0.117. The van der Waals surface area contributed by atoms with Gasteiger partial charge in [-0.3, -0.25) is 14.1 Å². The van der Waals surface area contributed by atoms with Gasteiger partial charge in [0.25, 0.3) is 11.4 Å². The number of fused-ring (bicyclic) bond motifs is 3. The summed E-state index contributed by atoms with van der Waals surface area (Å²) in [5, 5.41) is 4.13. The van der Waals surface area contributed by atoms with Gasteiger partial charge in [0.15, 0.2) is 11.5 Å². The molecule has 32 heavy (non-hydrogen) atoms. The third-order valence-corrected chi connectivity index (χ3v) is 6.33. The number of ether oxygens (including phenoxy) is 2. The summed E-state index contributed by atoms with van der Waals surface area (Å²) in [4.78, 5) is 25.1. The van der Waals surface area contributed by atoms with Crippen molar-refractivity contribution in [1.82, 2.24) is 29.0 Å². The van der Waals surface area contributed by atoms with Crippen LogP contribution in [0.1, 0.15) is 18.2 Å². The number of nitrogens with zero attached hydrogens (tertiary/aromatic N) is 6. The van der Waals surface area contributed by atoms with Crippen LogP contribution in [0.2, 0.25) is 0 Å². The van der Waals surface area contributed by atoms with Crippen LogP contribution < -0.4 is 5.56 Å². The Kier molecular flexibility index (Phi) is 4.97. The summed E-state index contributed by atoms with van der Waals surface area (Å²) in [5.74, 6) is 0.987. The molecule has 166 valence electrons. The molecular weight excluding hydrogens is 412 g/mol. The molecule has 5 heterocycles. The van der Waals surface area contributed by atoms with Crippen LogP contribution in [0, 0.1) is 0 Å². The van der Waals surface area contributed by atoms with Gasteiger partial charge in [0.1, 0.15) is 11.8 Å². The Morgan fingerprint density at radius 2 is 1.88 bits per heavy atom. The summed E-state index contributed by atoms with van der Waals surface area (Å²) in [7, 11) is 0. The molecule has 0 N–H and O–H groups in total. The highest BCUT2D eigenvalue weighted by Gasteiger charge is 2.26. The van der Waals surface area contributed by atoms with Crippen molar-refractivity contribution in [2.24, 2.45) is 0 Å². The van der Waals surface area contributed by atoms with E-state index < -0.39 is 0 Å². The highest BCUT2D eigenvalue weighted by Crippen LogP contribution is 2.27. The number of morpholine rings is 1. The fraction of sp³-hybridized carbons (Fsp3) is 0.455. The Hall–Kier alpha value is -3.08. The van der Waals surface area contributed by atoms with Gasteiger partial charge in [-0.05, 0) is 18.6 Å². The average Bonchev–Trinajstić information content (AvgIpc) is 3.60. The van der Waals surface area contributed by atoms with Crippen LogP contribution in [-0.4, -0.2) is 75.1 Å². The van der Waals surface area contributed by atoms with Crippen molar-refractivity contribution in [3.8, 4) is 11.6 Å². The van der Waals surface area contributed by atoms with Crippen LogP contribution >= 0.6 is 0 Å². The van der Waals surface area contributed by atoms with Crippen molar-refractivity contribution in [2.45, 2.75) is 18.9 Å². The lowest BCUT2D eigenvalue weighted by Crippen LogP contribution is -2.39. The van der Waals surface area contributed by atoms with Gasteiger partial charge in [-0.2, -0.15) is 4.98 Å². The lowest BCUT2D eigenvalue weighted by molar-refractivity contribution is 0.0364. The molecule has 3 aromatic heterocycles. The molecular formula is C22H24N6O4. The van der Waals surface area contributed by atoms with Crippen LogP contribution in [0.15, 0.2) is 39.9 Å². The second-order valence-corrected chi connectivity index (χ2v) is 8.23. The highest BCUT2D eigenvalue weighted by atomic mass is 16.5. The molecule has 0 saturated carbocycles. The average molecular weight is 436 g/mol. The van der Waals surface area contributed by atoms with Gasteiger partial charge in [0.2, 0.25) is 0 Å². The Balaban J connectivity index is 1.44. The van der Waals surface area contributed by atoms with E-state index in [0.717, 1.165) is 50.3 Å². The molecule has 0 amide bonds. The Labute approximate surface area is 183 Å². The van der Waals surface area contributed by atoms with E-state index in [1.807, 2.05) is 33.2 Å². The maximum absolute atomic E-state index is 13.7. The Morgan fingerprint density at radius 3 is 2.69 bits per heavy atom. The molecule has 0 aliphatic carbocycles. The van der Waals surface area contributed by atoms with Gasteiger partial charge < -0.3 is 18.6 Å². The van der Waals surface area contributed by atoms with Crippen molar-refractivity contribution < 1.29 is 14.0 Å². The molecule has 2 aliphatic heterocycles. The van der Waals surface area contributed by atoms with Crippen LogP contribution in [0.3, 0.4) is 0 Å². The van der Waals surface area contributed by atoms with E-state index in [1.165, 1.54) is 0 Å². The maximum atomic E-state index is 13.7. The van der Waals surface area contributed by atoms with Crippen molar-refractivity contribution in [1.29, 1.82) is 0 Å². The molecule has 2 aliphatic rings. The molecule has 10 heteroatoms. The van der Waals surface area contributed by atoms with Crippen LogP contribution in [0.4, 0.5) is 0 Å². The van der Waals surface area contributed by atoms with Gasteiger partial charge in [0.05, 0.1) is 30.9 Å². The number of rotatable bonds is 5. The molecule has 2 fully saturated rings. The van der Waals surface area contributed by atoms with E-state index in [0.29, 0.717) is 36.8 Å². The normalized spacial score (nSPS) is 19.9. The zero-order valence-electron chi connectivity index (χ0n) is 17.6. The van der Waals surface area contributed by atoms with E-state index >= 15 is 0 Å². The van der Waals surface area contributed by atoms with Crippen molar-refractivity contribution >= 4 is 16.6 Å². The lowest BCUT2D eigenvalue weighted by Gasteiger charge is -2.27. The van der Waals surface area contributed by atoms with Gasteiger partial charge in [0, 0.05) is 38.7 Å². The largest absolute Gasteiger partial charge is 0.381 e. The van der Waals surface area contributed by atoms with Gasteiger partial charge in [-0.25, -0.2) is 4.98 Å². The van der Waals surface area contributed by atoms with Gasteiger partial charge >= 0.3 is 0 Å². The van der Waals surface area contributed by atoms with Crippen molar-refractivity contribution in [3.05, 3.63) is 46.8 Å². The predicted octanol–water partition coefficient (Wildman–Crippen LogP) is 1.54. The first-order chi connectivity index (χ1) is 15.8. The lowest BCUT2D eigenvalue weighted by atomic mass is 10.1. The first kappa shape index (κ1) is 19.6. The SMILES string of the molecule is O=c1c2c(-c3nc(C4CCOC4)no3)ncn2c2ccccc2n1CCN1CCOCC1. The maximum Gasteiger partial charge on any atom is 0.278 e. The summed E-state index contributed by atoms with van der Waals surface area (Å²) in [6.45, 7) is 5.85. The van der Waals surface area contributed by atoms with E-state index in [-0.39, 0.29) is 17.4 Å². The third-order valence-electron chi connectivity index (χ3n) is 6.33. The number of hydrogen-bond acceptors (Lipinski definition) is 8. The predicted molar refractivity (Wildman–Crippen MR) is 116 cm³/mol. The minimum Gasteiger partial charge on any atom is -0.381 e. The molecule has 10 nitrogen and oxygen atoms in total. The van der Waals surface area contributed by atoms with Crippen LogP contribution in [0.5, 0.6) is 0 Å². The Morgan fingerprint density at radius 1 is 1.03 bits per heavy atom. The Bertz CT molecular complexity index is 1310. The molecule has 1 aromatic carbocycles. The zero-order chi connectivity index (χ0) is 21.5. The smallest absolute Gasteiger partial charge is 0.278 e. The quantitative estimate of drug-likeness (QED) is 0.464. The van der Waals surface area contributed by atoms with Crippen LogP contribution in [-0.2, 0) is 16.0 Å². The highest BCUT2D eigenvalue weighted by molar-refractivity contribution is 5.83. The summed E-state index contributed by atoms with van der Waals surface area (Å²) in [6.07, 6.45) is 2.52. The molecule has 0 bridgehead atoms. The van der Waals surface area contributed by atoms with Gasteiger partial charge in [-0.15, -0.1) is 0 Å². The standard InChI is InChI=1S/C22H24N6O4/c29-22-19-18(21-24-20(25-32-21)15-5-10-31-13-15)23-14-28(19)17-4-2-1-3-16(17)27(22)7-6-26-8-11-30-12-9-26/h1-4,14-15H,5-13H2. The summed E-state index contributed by atoms with van der Waals surface area (Å²) in [5.41, 5.74) is 2.53.